The Labute approximate surface area is 103 Å². The SMILES string of the molecule is CNc1ncnc(NCc2cscn2)c1OC. The van der Waals surface area contributed by atoms with Crippen molar-refractivity contribution in [2.45, 2.75) is 6.54 Å². The minimum Gasteiger partial charge on any atom is -0.490 e. The number of hydrogen-bond donors (Lipinski definition) is 2. The molecule has 0 aromatic carbocycles. The van der Waals surface area contributed by atoms with Crippen LogP contribution in [0, 0.1) is 0 Å². The summed E-state index contributed by atoms with van der Waals surface area (Å²) in [6.07, 6.45) is 1.48. The van der Waals surface area contributed by atoms with Crippen LogP contribution in [0.1, 0.15) is 5.69 Å². The van der Waals surface area contributed by atoms with E-state index in [4.69, 9.17) is 4.74 Å². The van der Waals surface area contributed by atoms with Crippen LogP contribution >= 0.6 is 11.3 Å². The van der Waals surface area contributed by atoms with E-state index in [9.17, 15) is 0 Å². The predicted octanol–water partition coefficient (Wildman–Crippen LogP) is 1.60. The molecule has 0 saturated carbocycles. The van der Waals surface area contributed by atoms with Crippen LogP contribution in [-0.2, 0) is 6.54 Å². The number of ether oxygens (including phenoxy) is 1. The van der Waals surface area contributed by atoms with Gasteiger partial charge in [-0.05, 0) is 0 Å². The molecule has 2 rings (SSSR count). The summed E-state index contributed by atoms with van der Waals surface area (Å²) < 4.78 is 5.27. The zero-order valence-corrected chi connectivity index (χ0v) is 10.4. The topological polar surface area (TPSA) is 72.0 Å². The molecular formula is C10H13N5OS. The quantitative estimate of drug-likeness (QED) is 0.841. The van der Waals surface area contributed by atoms with Crippen molar-refractivity contribution in [2.24, 2.45) is 0 Å². The van der Waals surface area contributed by atoms with Crippen LogP contribution in [0.4, 0.5) is 11.6 Å². The fraction of sp³-hybridized carbons (Fsp3) is 0.300. The predicted molar refractivity (Wildman–Crippen MR) is 67.6 cm³/mol. The van der Waals surface area contributed by atoms with Gasteiger partial charge in [-0.3, -0.25) is 0 Å². The van der Waals surface area contributed by atoms with Crippen molar-refractivity contribution in [1.82, 2.24) is 15.0 Å². The zero-order valence-electron chi connectivity index (χ0n) is 9.60. The van der Waals surface area contributed by atoms with E-state index < -0.39 is 0 Å². The first-order chi connectivity index (χ1) is 8.35. The Morgan fingerprint density at radius 1 is 1.29 bits per heavy atom. The standard InChI is InChI=1S/C10H13N5OS/c1-11-9-8(16-2)10(14-5-13-9)12-3-7-4-17-6-15-7/h4-6H,3H2,1-2H3,(H2,11,12,13,14). The van der Waals surface area contributed by atoms with Gasteiger partial charge in [0.25, 0.3) is 0 Å². The number of aromatic nitrogens is 3. The van der Waals surface area contributed by atoms with Crippen LogP contribution < -0.4 is 15.4 Å². The van der Waals surface area contributed by atoms with E-state index in [0.717, 1.165) is 5.69 Å². The van der Waals surface area contributed by atoms with E-state index in [1.165, 1.54) is 6.33 Å². The van der Waals surface area contributed by atoms with Crippen LogP contribution in [0.25, 0.3) is 0 Å². The third-order valence-corrected chi connectivity index (χ3v) is 2.80. The Morgan fingerprint density at radius 3 is 2.76 bits per heavy atom. The molecule has 0 radical (unpaired) electrons. The lowest BCUT2D eigenvalue weighted by Gasteiger charge is -2.11. The number of methoxy groups -OCH3 is 1. The highest BCUT2D eigenvalue weighted by Crippen LogP contribution is 2.28. The highest BCUT2D eigenvalue weighted by atomic mass is 32.1. The normalized spacial score (nSPS) is 10.0. The molecule has 7 heteroatoms. The van der Waals surface area contributed by atoms with Gasteiger partial charge in [-0.1, -0.05) is 0 Å². The van der Waals surface area contributed by atoms with Gasteiger partial charge < -0.3 is 15.4 Å². The van der Waals surface area contributed by atoms with Gasteiger partial charge in [0.2, 0.25) is 5.75 Å². The first kappa shape index (κ1) is 11.6. The van der Waals surface area contributed by atoms with Gasteiger partial charge in [-0.25, -0.2) is 15.0 Å². The molecule has 0 atom stereocenters. The molecule has 0 saturated heterocycles. The minimum atomic E-state index is 0.602. The second-order valence-electron chi connectivity index (χ2n) is 3.19. The number of anilines is 2. The Hall–Kier alpha value is -1.89. The second-order valence-corrected chi connectivity index (χ2v) is 3.91. The summed E-state index contributed by atoms with van der Waals surface area (Å²) in [5.41, 5.74) is 2.77. The largest absolute Gasteiger partial charge is 0.490 e. The Balaban J connectivity index is 2.14. The number of hydrogen-bond acceptors (Lipinski definition) is 7. The van der Waals surface area contributed by atoms with Crippen LogP contribution in [0.15, 0.2) is 17.2 Å². The first-order valence-electron chi connectivity index (χ1n) is 5.02. The monoisotopic (exact) mass is 251 g/mol. The minimum absolute atomic E-state index is 0.602. The maximum Gasteiger partial charge on any atom is 0.204 e. The molecule has 2 aromatic heterocycles. The molecule has 6 nitrogen and oxygen atoms in total. The van der Waals surface area contributed by atoms with Crippen molar-refractivity contribution in [1.29, 1.82) is 0 Å². The zero-order chi connectivity index (χ0) is 12.1. The summed E-state index contributed by atoms with van der Waals surface area (Å²) in [6.45, 7) is 0.611. The molecule has 2 heterocycles. The lowest BCUT2D eigenvalue weighted by Crippen LogP contribution is -2.06. The van der Waals surface area contributed by atoms with Crippen LogP contribution in [-0.4, -0.2) is 29.1 Å². The molecule has 0 aliphatic heterocycles. The average Bonchev–Trinajstić information content (AvgIpc) is 2.88. The Kier molecular flexibility index (Phi) is 3.71. The molecule has 0 spiro atoms. The molecule has 0 amide bonds. The third kappa shape index (κ3) is 2.62. The van der Waals surface area contributed by atoms with Gasteiger partial charge in [0, 0.05) is 12.4 Å². The number of nitrogens with zero attached hydrogens (tertiary/aromatic N) is 3. The summed E-state index contributed by atoms with van der Waals surface area (Å²) in [6, 6.07) is 0. The van der Waals surface area contributed by atoms with Crippen molar-refractivity contribution in [3.8, 4) is 5.75 Å². The highest BCUT2D eigenvalue weighted by Gasteiger charge is 2.10. The summed E-state index contributed by atoms with van der Waals surface area (Å²) in [5.74, 6) is 1.91. The van der Waals surface area contributed by atoms with Gasteiger partial charge in [0.05, 0.1) is 24.9 Å². The Morgan fingerprint density at radius 2 is 2.12 bits per heavy atom. The van der Waals surface area contributed by atoms with E-state index in [1.54, 1.807) is 31.0 Å². The molecule has 2 N–H and O–H groups in total. The average molecular weight is 251 g/mol. The van der Waals surface area contributed by atoms with Gasteiger partial charge in [0.1, 0.15) is 6.33 Å². The molecule has 17 heavy (non-hydrogen) atoms. The fourth-order valence-electron chi connectivity index (χ4n) is 1.37. The summed E-state index contributed by atoms with van der Waals surface area (Å²) in [7, 11) is 3.38. The molecule has 2 aromatic rings. The molecule has 0 bridgehead atoms. The molecule has 0 aliphatic carbocycles. The highest BCUT2D eigenvalue weighted by molar-refractivity contribution is 7.07. The lowest BCUT2D eigenvalue weighted by molar-refractivity contribution is 0.415. The van der Waals surface area contributed by atoms with E-state index in [1.807, 2.05) is 5.38 Å². The van der Waals surface area contributed by atoms with Gasteiger partial charge in [-0.2, -0.15) is 0 Å². The number of thiazole rings is 1. The maximum absolute atomic E-state index is 5.27. The second kappa shape index (κ2) is 5.44. The molecule has 0 unspecified atom stereocenters. The summed E-state index contributed by atoms with van der Waals surface area (Å²) in [5, 5.41) is 8.11. The van der Waals surface area contributed by atoms with E-state index >= 15 is 0 Å². The summed E-state index contributed by atoms with van der Waals surface area (Å²) >= 11 is 1.56. The van der Waals surface area contributed by atoms with Crippen molar-refractivity contribution in [3.63, 3.8) is 0 Å². The summed E-state index contributed by atoms with van der Waals surface area (Å²) in [4.78, 5) is 12.4. The van der Waals surface area contributed by atoms with Crippen LogP contribution in [0.3, 0.4) is 0 Å². The van der Waals surface area contributed by atoms with Crippen molar-refractivity contribution in [3.05, 3.63) is 22.9 Å². The van der Waals surface area contributed by atoms with Crippen molar-refractivity contribution in [2.75, 3.05) is 24.8 Å². The smallest absolute Gasteiger partial charge is 0.204 e. The molecule has 0 fully saturated rings. The Bertz CT molecular complexity index is 474. The van der Waals surface area contributed by atoms with E-state index in [0.29, 0.717) is 23.9 Å². The van der Waals surface area contributed by atoms with Gasteiger partial charge in [0.15, 0.2) is 11.6 Å². The maximum atomic E-state index is 5.27. The van der Waals surface area contributed by atoms with Crippen molar-refractivity contribution >= 4 is 23.0 Å². The molecule has 90 valence electrons. The van der Waals surface area contributed by atoms with Gasteiger partial charge in [-0.15, -0.1) is 11.3 Å². The van der Waals surface area contributed by atoms with Gasteiger partial charge >= 0.3 is 0 Å². The molecular weight excluding hydrogens is 238 g/mol. The lowest BCUT2D eigenvalue weighted by atomic mass is 10.4. The van der Waals surface area contributed by atoms with Crippen LogP contribution in [0.5, 0.6) is 5.75 Å². The van der Waals surface area contributed by atoms with E-state index in [2.05, 4.69) is 25.6 Å². The molecule has 0 aliphatic rings. The third-order valence-electron chi connectivity index (χ3n) is 2.17. The van der Waals surface area contributed by atoms with Crippen LogP contribution in [0.2, 0.25) is 0 Å². The number of nitrogens with one attached hydrogen (secondary N) is 2. The van der Waals surface area contributed by atoms with Crippen molar-refractivity contribution < 1.29 is 4.74 Å². The van der Waals surface area contributed by atoms with E-state index in [-0.39, 0.29) is 0 Å². The fourth-order valence-corrected chi connectivity index (χ4v) is 1.93. The number of rotatable bonds is 5. The first-order valence-corrected chi connectivity index (χ1v) is 5.97.